The highest BCUT2D eigenvalue weighted by Gasteiger charge is 2.66. The SMILES string of the molecule is CC(C)(C)N1C(=O)C2CCCC[C@]2(C(=O)O)[C@@H]1c1ccc(Cl)c(Cl)c1. The normalized spacial score (nSPS) is 29.6. The smallest absolute Gasteiger partial charge is 0.312 e. The van der Waals surface area contributed by atoms with Gasteiger partial charge in [0.15, 0.2) is 0 Å². The maximum atomic E-state index is 13.2. The number of hydrogen-bond donors (Lipinski definition) is 1. The summed E-state index contributed by atoms with van der Waals surface area (Å²) in [5.74, 6) is -1.45. The Morgan fingerprint density at radius 1 is 1.24 bits per heavy atom. The molecule has 2 fully saturated rings. The lowest BCUT2D eigenvalue weighted by molar-refractivity contribution is -0.156. The van der Waals surface area contributed by atoms with Crippen LogP contribution in [0.2, 0.25) is 10.0 Å². The number of halogens is 2. The molecule has 1 saturated carbocycles. The maximum Gasteiger partial charge on any atom is 0.312 e. The van der Waals surface area contributed by atoms with Gasteiger partial charge in [0.2, 0.25) is 5.91 Å². The minimum Gasteiger partial charge on any atom is -0.481 e. The number of carboxylic acids is 1. The summed E-state index contributed by atoms with van der Waals surface area (Å²) in [6.45, 7) is 5.84. The standard InChI is InChI=1S/C19H23Cl2NO3/c1-18(2,3)22-15(11-7-8-13(20)14(21)10-11)19(17(24)25)9-5-4-6-12(19)16(22)23/h7-8,10,12,15H,4-6,9H2,1-3H3,(H,24,25)/t12?,15-,19+/m0/s1. The van der Waals surface area contributed by atoms with E-state index in [0.29, 0.717) is 22.9 Å². The van der Waals surface area contributed by atoms with E-state index in [-0.39, 0.29) is 5.91 Å². The molecule has 1 aliphatic carbocycles. The second kappa shape index (κ2) is 6.17. The minimum atomic E-state index is -1.11. The quantitative estimate of drug-likeness (QED) is 0.786. The van der Waals surface area contributed by atoms with Crippen LogP contribution >= 0.6 is 23.2 Å². The molecule has 1 aliphatic heterocycles. The van der Waals surface area contributed by atoms with E-state index >= 15 is 0 Å². The molecular weight excluding hydrogens is 361 g/mol. The molecular formula is C19H23Cl2NO3. The van der Waals surface area contributed by atoms with Crippen molar-refractivity contribution in [2.75, 3.05) is 0 Å². The molecule has 0 radical (unpaired) electrons. The van der Waals surface area contributed by atoms with Gasteiger partial charge in [-0.05, 0) is 51.3 Å². The number of aliphatic carboxylic acids is 1. The summed E-state index contributed by atoms with van der Waals surface area (Å²) in [5, 5.41) is 11.0. The van der Waals surface area contributed by atoms with E-state index in [1.54, 1.807) is 23.1 Å². The molecule has 1 N–H and O–H groups in total. The van der Waals surface area contributed by atoms with E-state index in [1.807, 2.05) is 20.8 Å². The van der Waals surface area contributed by atoms with Gasteiger partial charge in [-0.1, -0.05) is 42.1 Å². The summed E-state index contributed by atoms with van der Waals surface area (Å²) in [6.07, 6.45) is 2.81. The topological polar surface area (TPSA) is 57.6 Å². The molecule has 0 aromatic heterocycles. The van der Waals surface area contributed by atoms with Crippen LogP contribution < -0.4 is 0 Å². The van der Waals surface area contributed by atoms with Gasteiger partial charge in [-0.3, -0.25) is 9.59 Å². The first-order valence-electron chi connectivity index (χ1n) is 8.62. The van der Waals surface area contributed by atoms with Gasteiger partial charge in [-0.25, -0.2) is 0 Å². The first kappa shape index (κ1) is 18.5. The number of fused-ring (bicyclic) bond motifs is 1. The number of benzene rings is 1. The van der Waals surface area contributed by atoms with Crippen molar-refractivity contribution in [3.63, 3.8) is 0 Å². The van der Waals surface area contributed by atoms with E-state index in [4.69, 9.17) is 23.2 Å². The fourth-order valence-electron chi connectivity index (χ4n) is 4.61. The largest absolute Gasteiger partial charge is 0.481 e. The first-order valence-corrected chi connectivity index (χ1v) is 9.38. The Labute approximate surface area is 158 Å². The molecule has 1 heterocycles. The van der Waals surface area contributed by atoms with Crippen LogP contribution in [0.25, 0.3) is 0 Å². The fraction of sp³-hybridized carbons (Fsp3) is 0.579. The van der Waals surface area contributed by atoms with Crippen molar-refractivity contribution in [1.82, 2.24) is 4.90 Å². The van der Waals surface area contributed by atoms with Crippen molar-refractivity contribution in [2.24, 2.45) is 11.3 Å². The average molecular weight is 384 g/mol. The molecule has 0 bridgehead atoms. The second-order valence-electron chi connectivity index (χ2n) is 8.10. The molecule has 1 saturated heterocycles. The molecule has 1 aromatic carbocycles. The van der Waals surface area contributed by atoms with Gasteiger partial charge in [0.25, 0.3) is 0 Å². The summed E-state index contributed by atoms with van der Waals surface area (Å²) in [5.41, 5.74) is -0.863. The van der Waals surface area contributed by atoms with Crippen LogP contribution in [0, 0.1) is 11.3 Å². The Bertz CT molecular complexity index is 728. The number of nitrogens with zero attached hydrogens (tertiary/aromatic N) is 1. The van der Waals surface area contributed by atoms with Gasteiger partial charge in [0, 0.05) is 5.54 Å². The summed E-state index contributed by atoms with van der Waals surface area (Å²) >= 11 is 12.3. The summed E-state index contributed by atoms with van der Waals surface area (Å²) in [6, 6.07) is 4.64. The molecule has 0 spiro atoms. The van der Waals surface area contributed by atoms with Gasteiger partial charge in [0.1, 0.15) is 5.41 Å². The Kier molecular flexibility index (Phi) is 4.57. The number of hydrogen-bond acceptors (Lipinski definition) is 2. The zero-order valence-corrected chi connectivity index (χ0v) is 16.2. The number of carbonyl (C=O) groups is 2. The van der Waals surface area contributed by atoms with Crippen molar-refractivity contribution in [3.05, 3.63) is 33.8 Å². The van der Waals surface area contributed by atoms with Crippen molar-refractivity contribution >= 4 is 35.1 Å². The molecule has 3 rings (SSSR count). The van der Waals surface area contributed by atoms with E-state index in [2.05, 4.69) is 0 Å². The van der Waals surface area contributed by atoms with Crippen LogP contribution in [0.4, 0.5) is 0 Å². The van der Waals surface area contributed by atoms with E-state index in [9.17, 15) is 14.7 Å². The van der Waals surface area contributed by atoms with Crippen molar-refractivity contribution in [1.29, 1.82) is 0 Å². The van der Waals surface area contributed by atoms with E-state index in [0.717, 1.165) is 18.4 Å². The van der Waals surface area contributed by atoms with Gasteiger partial charge in [-0.2, -0.15) is 0 Å². The van der Waals surface area contributed by atoms with E-state index < -0.39 is 28.9 Å². The summed E-state index contributed by atoms with van der Waals surface area (Å²) in [4.78, 5) is 27.5. The average Bonchev–Trinajstić information content (AvgIpc) is 2.81. The van der Waals surface area contributed by atoms with Gasteiger partial charge in [-0.15, -0.1) is 0 Å². The van der Waals surface area contributed by atoms with Crippen LogP contribution in [0.1, 0.15) is 58.1 Å². The lowest BCUT2D eigenvalue weighted by atomic mass is 9.63. The number of carboxylic acid groups (broad SMARTS) is 1. The zero-order chi connectivity index (χ0) is 18.6. The summed E-state index contributed by atoms with van der Waals surface area (Å²) in [7, 11) is 0. The first-order chi connectivity index (χ1) is 11.6. The predicted molar refractivity (Wildman–Crippen MR) is 97.8 cm³/mol. The number of carbonyl (C=O) groups excluding carboxylic acids is 1. The zero-order valence-electron chi connectivity index (χ0n) is 14.7. The highest BCUT2D eigenvalue weighted by molar-refractivity contribution is 6.42. The number of rotatable bonds is 2. The van der Waals surface area contributed by atoms with E-state index in [1.165, 1.54) is 0 Å². The molecule has 25 heavy (non-hydrogen) atoms. The predicted octanol–water partition coefficient (Wildman–Crippen LogP) is 4.94. The molecule has 1 unspecified atom stereocenters. The van der Waals surface area contributed by atoms with Crippen LogP contribution in [-0.2, 0) is 9.59 Å². The summed E-state index contributed by atoms with van der Waals surface area (Å²) < 4.78 is 0. The third-order valence-corrected chi connectivity index (χ3v) is 6.36. The molecule has 1 amide bonds. The van der Waals surface area contributed by atoms with Gasteiger partial charge < -0.3 is 10.0 Å². The third-order valence-electron chi connectivity index (χ3n) is 5.62. The molecule has 136 valence electrons. The third kappa shape index (κ3) is 2.74. The van der Waals surface area contributed by atoms with Gasteiger partial charge in [0.05, 0.1) is 22.0 Å². The number of likely N-dealkylation sites (tertiary alicyclic amines) is 1. The highest BCUT2D eigenvalue weighted by Crippen LogP contribution is 2.60. The van der Waals surface area contributed by atoms with Crippen LogP contribution in [0.3, 0.4) is 0 Å². The lowest BCUT2D eigenvalue weighted by Gasteiger charge is -2.43. The monoisotopic (exact) mass is 383 g/mol. The molecule has 1 aromatic rings. The van der Waals surface area contributed by atoms with Crippen molar-refractivity contribution in [2.45, 2.75) is 58.0 Å². The van der Waals surface area contributed by atoms with Crippen LogP contribution in [-0.4, -0.2) is 27.4 Å². The molecule has 3 atom stereocenters. The van der Waals surface area contributed by atoms with Crippen molar-refractivity contribution in [3.8, 4) is 0 Å². The van der Waals surface area contributed by atoms with Crippen LogP contribution in [0.5, 0.6) is 0 Å². The number of amides is 1. The Balaban J connectivity index is 2.25. The Morgan fingerprint density at radius 2 is 1.92 bits per heavy atom. The fourth-order valence-corrected chi connectivity index (χ4v) is 4.92. The Hall–Kier alpha value is -1.26. The molecule has 2 aliphatic rings. The highest BCUT2D eigenvalue weighted by atomic mass is 35.5. The molecule has 4 nitrogen and oxygen atoms in total. The maximum absolute atomic E-state index is 13.2. The lowest BCUT2D eigenvalue weighted by Crippen LogP contribution is -2.47. The van der Waals surface area contributed by atoms with Crippen LogP contribution in [0.15, 0.2) is 18.2 Å². The Morgan fingerprint density at radius 3 is 2.48 bits per heavy atom. The minimum absolute atomic E-state index is 0.0642. The second-order valence-corrected chi connectivity index (χ2v) is 8.91. The molecule has 6 heteroatoms. The van der Waals surface area contributed by atoms with Gasteiger partial charge >= 0.3 is 5.97 Å². The van der Waals surface area contributed by atoms with Crippen molar-refractivity contribution < 1.29 is 14.7 Å².